The van der Waals surface area contributed by atoms with Crippen molar-refractivity contribution in [3.8, 4) is 0 Å². The van der Waals surface area contributed by atoms with Crippen LogP contribution in [0, 0.1) is 5.92 Å². The largest absolute Gasteiger partial charge is 0.329 e. The Balaban J connectivity index is 2.86. The SMILES string of the molecule is CCC(C)CC(CC)(CN)N(CC)Cc1cccs1. The Kier molecular flexibility index (Phi) is 7.05. The summed E-state index contributed by atoms with van der Waals surface area (Å²) in [4.78, 5) is 4.03. The Morgan fingerprint density at radius 1 is 1.37 bits per heavy atom. The van der Waals surface area contributed by atoms with E-state index in [1.54, 1.807) is 0 Å². The van der Waals surface area contributed by atoms with Crippen LogP contribution in [0.4, 0.5) is 0 Å². The third-order valence-corrected chi connectivity index (χ3v) is 5.30. The first-order valence-electron chi connectivity index (χ1n) is 7.59. The molecule has 0 aromatic carbocycles. The van der Waals surface area contributed by atoms with Crippen LogP contribution in [-0.4, -0.2) is 23.5 Å². The van der Waals surface area contributed by atoms with Gasteiger partial charge in [-0.1, -0.05) is 40.2 Å². The van der Waals surface area contributed by atoms with E-state index >= 15 is 0 Å². The predicted octanol–water partition coefficient (Wildman–Crippen LogP) is 4.11. The lowest BCUT2D eigenvalue weighted by Gasteiger charge is -2.44. The Hall–Kier alpha value is -0.380. The minimum absolute atomic E-state index is 0.161. The first-order valence-corrected chi connectivity index (χ1v) is 8.47. The van der Waals surface area contributed by atoms with E-state index in [4.69, 9.17) is 5.73 Å². The Morgan fingerprint density at radius 3 is 2.53 bits per heavy atom. The third kappa shape index (κ3) is 4.30. The summed E-state index contributed by atoms with van der Waals surface area (Å²) in [6, 6.07) is 4.37. The first kappa shape index (κ1) is 16.7. The fourth-order valence-corrected chi connectivity index (χ4v) is 3.57. The molecule has 0 saturated carbocycles. The topological polar surface area (TPSA) is 29.3 Å². The molecule has 2 N–H and O–H groups in total. The number of hydrogen-bond acceptors (Lipinski definition) is 3. The lowest BCUT2D eigenvalue weighted by molar-refractivity contribution is 0.0643. The molecule has 1 rings (SSSR count). The summed E-state index contributed by atoms with van der Waals surface area (Å²) < 4.78 is 0. The summed E-state index contributed by atoms with van der Waals surface area (Å²) in [5.41, 5.74) is 6.35. The van der Waals surface area contributed by atoms with E-state index in [2.05, 4.69) is 50.1 Å². The van der Waals surface area contributed by atoms with E-state index in [1.165, 1.54) is 17.7 Å². The zero-order valence-corrected chi connectivity index (χ0v) is 13.8. The zero-order valence-electron chi connectivity index (χ0n) is 13.0. The molecule has 1 aromatic rings. The van der Waals surface area contributed by atoms with E-state index in [1.807, 2.05) is 11.3 Å². The average Bonchev–Trinajstić information content (AvgIpc) is 2.95. The molecule has 0 radical (unpaired) electrons. The number of likely N-dealkylation sites (N-methyl/N-ethyl adjacent to an activating group) is 1. The number of rotatable bonds is 9. The van der Waals surface area contributed by atoms with Crippen molar-refractivity contribution in [3.63, 3.8) is 0 Å². The molecule has 1 heterocycles. The lowest BCUT2D eigenvalue weighted by Crippen LogP contribution is -2.53. The summed E-state index contributed by atoms with van der Waals surface area (Å²) in [5.74, 6) is 0.737. The number of nitrogens with two attached hydrogens (primary N) is 1. The van der Waals surface area contributed by atoms with Gasteiger partial charge in [-0.15, -0.1) is 11.3 Å². The maximum absolute atomic E-state index is 6.19. The minimum Gasteiger partial charge on any atom is -0.329 e. The highest BCUT2D eigenvalue weighted by Gasteiger charge is 2.34. The van der Waals surface area contributed by atoms with Gasteiger partial charge in [-0.05, 0) is 36.8 Å². The maximum atomic E-state index is 6.19. The number of nitrogens with zero attached hydrogens (tertiary/aromatic N) is 1. The van der Waals surface area contributed by atoms with Crippen LogP contribution in [0.15, 0.2) is 17.5 Å². The van der Waals surface area contributed by atoms with Crippen molar-refractivity contribution in [1.29, 1.82) is 0 Å². The molecule has 19 heavy (non-hydrogen) atoms. The molecule has 2 nitrogen and oxygen atoms in total. The Bertz CT molecular complexity index is 331. The molecular formula is C16H30N2S. The number of thiophene rings is 1. The summed E-state index contributed by atoms with van der Waals surface area (Å²) in [6.07, 6.45) is 3.57. The van der Waals surface area contributed by atoms with Gasteiger partial charge in [0.2, 0.25) is 0 Å². The minimum atomic E-state index is 0.161. The van der Waals surface area contributed by atoms with Crippen LogP contribution >= 0.6 is 11.3 Å². The van der Waals surface area contributed by atoms with E-state index in [0.717, 1.165) is 32.0 Å². The van der Waals surface area contributed by atoms with Gasteiger partial charge in [-0.2, -0.15) is 0 Å². The molecule has 0 saturated heterocycles. The van der Waals surface area contributed by atoms with Crippen LogP contribution in [0.1, 0.15) is 51.8 Å². The second-order valence-electron chi connectivity index (χ2n) is 5.59. The molecule has 0 bridgehead atoms. The fraction of sp³-hybridized carbons (Fsp3) is 0.750. The molecule has 0 aliphatic carbocycles. The molecule has 3 heteroatoms. The average molecular weight is 282 g/mol. The summed E-state index contributed by atoms with van der Waals surface area (Å²) in [5, 5.41) is 2.16. The highest BCUT2D eigenvalue weighted by molar-refractivity contribution is 7.09. The van der Waals surface area contributed by atoms with Crippen LogP contribution in [0.25, 0.3) is 0 Å². The van der Waals surface area contributed by atoms with Gasteiger partial charge in [0.05, 0.1) is 0 Å². The molecular weight excluding hydrogens is 252 g/mol. The van der Waals surface area contributed by atoms with E-state index in [-0.39, 0.29) is 5.54 Å². The normalized spacial score (nSPS) is 16.5. The second kappa shape index (κ2) is 8.03. The molecule has 0 fully saturated rings. The molecule has 2 atom stereocenters. The standard InChI is InChI=1S/C16H30N2S/c1-5-14(4)11-16(6-2,13-17)18(7-3)12-15-9-8-10-19-15/h8-10,14H,5-7,11-13,17H2,1-4H3. The monoisotopic (exact) mass is 282 g/mol. The third-order valence-electron chi connectivity index (χ3n) is 4.44. The Labute approximate surface area is 123 Å². The first-order chi connectivity index (χ1) is 9.11. The van der Waals surface area contributed by atoms with E-state index in [9.17, 15) is 0 Å². The zero-order chi connectivity index (χ0) is 14.3. The fourth-order valence-electron chi connectivity index (χ4n) is 2.85. The van der Waals surface area contributed by atoms with Gasteiger partial charge in [-0.25, -0.2) is 0 Å². The van der Waals surface area contributed by atoms with Gasteiger partial charge >= 0.3 is 0 Å². The van der Waals surface area contributed by atoms with Crippen LogP contribution in [0.3, 0.4) is 0 Å². The van der Waals surface area contributed by atoms with Gasteiger partial charge in [0.15, 0.2) is 0 Å². The van der Waals surface area contributed by atoms with Crippen LogP contribution in [-0.2, 0) is 6.54 Å². The molecule has 0 spiro atoms. The predicted molar refractivity (Wildman–Crippen MR) is 86.6 cm³/mol. The van der Waals surface area contributed by atoms with Gasteiger partial charge in [0, 0.05) is 23.5 Å². The molecule has 0 aliphatic heterocycles. The number of hydrogen-bond donors (Lipinski definition) is 1. The van der Waals surface area contributed by atoms with Gasteiger partial charge in [0.25, 0.3) is 0 Å². The molecule has 0 aliphatic rings. The Morgan fingerprint density at radius 2 is 2.11 bits per heavy atom. The highest BCUT2D eigenvalue weighted by atomic mass is 32.1. The van der Waals surface area contributed by atoms with Crippen LogP contribution in [0.5, 0.6) is 0 Å². The van der Waals surface area contributed by atoms with Crippen molar-refractivity contribution >= 4 is 11.3 Å². The molecule has 1 aromatic heterocycles. The van der Waals surface area contributed by atoms with Crippen molar-refractivity contribution in [3.05, 3.63) is 22.4 Å². The van der Waals surface area contributed by atoms with Crippen molar-refractivity contribution in [2.45, 2.75) is 59.0 Å². The molecule has 0 amide bonds. The summed E-state index contributed by atoms with van der Waals surface area (Å²) >= 11 is 1.85. The van der Waals surface area contributed by atoms with Crippen molar-refractivity contribution in [1.82, 2.24) is 4.90 Å². The van der Waals surface area contributed by atoms with Gasteiger partial charge in [-0.3, -0.25) is 4.90 Å². The van der Waals surface area contributed by atoms with Crippen molar-refractivity contribution in [2.75, 3.05) is 13.1 Å². The lowest BCUT2D eigenvalue weighted by atomic mass is 9.83. The molecule has 110 valence electrons. The van der Waals surface area contributed by atoms with Crippen molar-refractivity contribution in [2.24, 2.45) is 11.7 Å². The van der Waals surface area contributed by atoms with Gasteiger partial charge in [0.1, 0.15) is 0 Å². The van der Waals surface area contributed by atoms with Crippen molar-refractivity contribution < 1.29 is 0 Å². The maximum Gasteiger partial charge on any atom is 0.0335 e. The van der Waals surface area contributed by atoms with E-state index in [0.29, 0.717) is 0 Å². The molecule has 2 unspecified atom stereocenters. The van der Waals surface area contributed by atoms with Crippen LogP contribution < -0.4 is 5.73 Å². The highest BCUT2D eigenvalue weighted by Crippen LogP contribution is 2.30. The summed E-state index contributed by atoms with van der Waals surface area (Å²) in [6.45, 7) is 12.0. The quantitative estimate of drug-likeness (QED) is 0.738. The van der Waals surface area contributed by atoms with Gasteiger partial charge < -0.3 is 5.73 Å². The van der Waals surface area contributed by atoms with E-state index < -0.39 is 0 Å². The smallest absolute Gasteiger partial charge is 0.0335 e. The second-order valence-corrected chi connectivity index (χ2v) is 6.63. The van der Waals surface area contributed by atoms with Crippen LogP contribution in [0.2, 0.25) is 0 Å². The summed E-state index contributed by atoms with van der Waals surface area (Å²) in [7, 11) is 0.